The Labute approximate surface area is 262 Å². The van der Waals surface area contributed by atoms with Crippen molar-refractivity contribution in [2.45, 2.75) is 62.5 Å². The third-order valence-corrected chi connectivity index (χ3v) is 9.78. The summed E-state index contributed by atoms with van der Waals surface area (Å²) in [7, 11) is -4.21. The van der Waals surface area contributed by atoms with Crippen LogP contribution in [0.2, 0.25) is 0 Å². The predicted octanol–water partition coefficient (Wildman–Crippen LogP) is 6.10. The van der Waals surface area contributed by atoms with Gasteiger partial charge in [0.25, 0.3) is 10.0 Å². The number of nitrogens with one attached hydrogen (secondary N) is 1. The normalized spacial score (nSPS) is 12.7. The molecule has 1 N–H and O–H groups in total. The van der Waals surface area contributed by atoms with E-state index in [0.717, 1.165) is 25.7 Å². The van der Waals surface area contributed by atoms with Crippen molar-refractivity contribution >= 4 is 55.2 Å². The number of hydrogen-bond donors (Lipinski definition) is 1. The lowest BCUT2D eigenvalue weighted by Gasteiger charge is -2.33. The summed E-state index contributed by atoms with van der Waals surface area (Å²) in [5.41, 5.74) is 1.03. The number of anilines is 1. The van der Waals surface area contributed by atoms with Crippen LogP contribution in [0.4, 0.5) is 5.69 Å². The van der Waals surface area contributed by atoms with Crippen molar-refractivity contribution in [1.82, 2.24) is 10.2 Å². The Bertz CT molecular complexity index is 1470. The van der Waals surface area contributed by atoms with Crippen molar-refractivity contribution in [3.63, 3.8) is 0 Å². The Morgan fingerprint density at radius 3 is 2.31 bits per heavy atom. The fourth-order valence-corrected chi connectivity index (χ4v) is 6.49. The number of carbonyl (C=O) groups excluding carboxylic acids is 2. The van der Waals surface area contributed by atoms with E-state index in [0.29, 0.717) is 12.4 Å². The maximum absolute atomic E-state index is 14.1. The molecule has 3 rings (SSSR count). The molecule has 0 aliphatic rings. The van der Waals surface area contributed by atoms with Crippen LogP contribution in [-0.2, 0) is 26.2 Å². The highest BCUT2D eigenvalue weighted by Gasteiger charge is 2.34. The third kappa shape index (κ3) is 8.52. The lowest BCUT2D eigenvalue weighted by molar-refractivity contribution is -0.139. The second-order valence-corrected chi connectivity index (χ2v) is 13.4. The summed E-state index contributed by atoms with van der Waals surface area (Å²) < 4.78 is 36.0. The molecule has 42 heavy (non-hydrogen) atoms. The van der Waals surface area contributed by atoms with Gasteiger partial charge in [-0.3, -0.25) is 13.9 Å². The minimum Gasteiger partial charge on any atom is -0.492 e. The van der Waals surface area contributed by atoms with E-state index >= 15 is 0 Å². The molecule has 11 heteroatoms. The first kappa shape index (κ1) is 33.5. The van der Waals surface area contributed by atoms with Crippen molar-refractivity contribution in [2.75, 3.05) is 23.7 Å². The summed E-state index contributed by atoms with van der Waals surface area (Å²) >= 11 is 4.97. The van der Waals surface area contributed by atoms with Crippen LogP contribution in [0, 0.1) is 0 Å². The van der Waals surface area contributed by atoms with Gasteiger partial charge in [0.1, 0.15) is 18.3 Å². The van der Waals surface area contributed by atoms with Gasteiger partial charge in [0.05, 0.1) is 17.2 Å². The highest BCUT2D eigenvalue weighted by molar-refractivity contribution is 9.10. The van der Waals surface area contributed by atoms with Crippen LogP contribution in [0.1, 0.15) is 39.7 Å². The molecule has 0 radical (unpaired) electrons. The first-order valence-corrected chi connectivity index (χ1v) is 17.2. The average Bonchev–Trinajstić information content (AvgIpc) is 2.98. The summed E-state index contributed by atoms with van der Waals surface area (Å²) in [6.07, 6.45) is 2.64. The Balaban J connectivity index is 2.08. The molecule has 2 amide bonds. The van der Waals surface area contributed by atoms with Gasteiger partial charge < -0.3 is 15.0 Å². The number of nitrogens with zero attached hydrogens (tertiary/aromatic N) is 2. The maximum atomic E-state index is 14.1. The van der Waals surface area contributed by atoms with Crippen LogP contribution in [0.15, 0.2) is 87.1 Å². The lowest BCUT2D eigenvalue weighted by Crippen LogP contribution is -2.52. The number of hydrogen-bond acceptors (Lipinski definition) is 6. The van der Waals surface area contributed by atoms with E-state index in [2.05, 4.69) is 21.2 Å². The highest BCUT2D eigenvalue weighted by Crippen LogP contribution is 2.33. The van der Waals surface area contributed by atoms with Crippen LogP contribution in [0.5, 0.6) is 5.75 Å². The quantitative estimate of drug-likeness (QED) is 0.208. The van der Waals surface area contributed by atoms with E-state index in [-0.39, 0.29) is 29.1 Å². The zero-order chi connectivity index (χ0) is 30.9. The number of halogens is 1. The van der Waals surface area contributed by atoms with Crippen molar-refractivity contribution in [3.05, 3.63) is 82.8 Å². The van der Waals surface area contributed by atoms with E-state index in [1.54, 1.807) is 50.2 Å². The van der Waals surface area contributed by atoms with Gasteiger partial charge in [-0.05, 0) is 87.5 Å². The van der Waals surface area contributed by atoms with Crippen LogP contribution in [-0.4, -0.2) is 56.6 Å². The number of sulfonamides is 1. The summed E-state index contributed by atoms with van der Waals surface area (Å²) in [5, 5.41) is 2.94. The molecule has 2 atom stereocenters. The third-order valence-electron chi connectivity index (χ3n) is 6.77. The minimum absolute atomic E-state index is 0.0421. The van der Waals surface area contributed by atoms with Crippen molar-refractivity contribution in [2.24, 2.45) is 0 Å². The van der Waals surface area contributed by atoms with Crippen molar-refractivity contribution in [3.8, 4) is 5.75 Å². The smallest absolute Gasteiger partial charge is 0.264 e. The molecule has 226 valence electrons. The first-order chi connectivity index (χ1) is 20.0. The van der Waals surface area contributed by atoms with E-state index in [4.69, 9.17) is 4.74 Å². The van der Waals surface area contributed by atoms with Gasteiger partial charge in [-0.1, -0.05) is 47.1 Å². The van der Waals surface area contributed by atoms with E-state index in [1.807, 2.05) is 44.4 Å². The standard InChI is InChI=1S/C31H38BrN3O5S2/c1-6-22(3)33-31(37)23(4)34(20-24-11-10-12-25(32)19-24)30(36)21-35(28-13-8-9-14-29(28)40-7-2)42(38,39)27-17-15-26(41-5)16-18-27/h8-19,22-23H,6-7,20-21H2,1-5H3,(H,33,37)/t22-,23+/m1/s1. The van der Waals surface area contributed by atoms with Gasteiger partial charge in [0, 0.05) is 22.0 Å². The Morgan fingerprint density at radius 2 is 1.69 bits per heavy atom. The lowest BCUT2D eigenvalue weighted by atomic mass is 10.1. The molecule has 8 nitrogen and oxygen atoms in total. The van der Waals surface area contributed by atoms with Crippen molar-refractivity contribution in [1.29, 1.82) is 0 Å². The van der Waals surface area contributed by atoms with Gasteiger partial charge in [0.2, 0.25) is 11.8 Å². The van der Waals surface area contributed by atoms with Gasteiger partial charge >= 0.3 is 0 Å². The molecular formula is C31H38BrN3O5S2. The molecule has 0 spiro atoms. The SMILES string of the molecule is CCOc1ccccc1N(CC(=O)N(Cc1cccc(Br)c1)[C@@H](C)C(=O)N[C@H](C)CC)S(=O)(=O)c1ccc(SC)cc1. The molecule has 0 bridgehead atoms. The molecule has 0 aromatic heterocycles. The zero-order valence-corrected chi connectivity index (χ0v) is 27.8. The average molecular weight is 677 g/mol. The second kappa shape index (κ2) is 15.5. The molecular weight excluding hydrogens is 638 g/mol. The van der Waals surface area contributed by atoms with E-state index < -0.39 is 28.5 Å². The van der Waals surface area contributed by atoms with Crippen LogP contribution < -0.4 is 14.4 Å². The molecule has 3 aromatic carbocycles. The molecule has 0 heterocycles. The highest BCUT2D eigenvalue weighted by atomic mass is 79.9. The van der Waals surface area contributed by atoms with Gasteiger partial charge in [0.15, 0.2) is 0 Å². The molecule has 0 saturated carbocycles. The molecule has 0 aliphatic heterocycles. The number of benzene rings is 3. The van der Waals surface area contributed by atoms with Crippen LogP contribution in [0.25, 0.3) is 0 Å². The number of rotatable bonds is 14. The topological polar surface area (TPSA) is 96.0 Å². The number of para-hydroxylation sites is 2. The summed E-state index contributed by atoms with van der Waals surface area (Å²) in [5.74, 6) is -0.514. The molecule has 0 unspecified atom stereocenters. The molecule has 0 saturated heterocycles. The number of ether oxygens (including phenoxy) is 1. The van der Waals surface area contributed by atoms with E-state index in [1.165, 1.54) is 28.8 Å². The number of amides is 2. The summed E-state index contributed by atoms with van der Waals surface area (Å²) in [6.45, 7) is 7.20. The van der Waals surface area contributed by atoms with Crippen molar-refractivity contribution < 1.29 is 22.7 Å². The second-order valence-electron chi connectivity index (χ2n) is 9.73. The molecule has 3 aromatic rings. The monoisotopic (exact) mass is 675 g/mol. The zero-order valence-electron chi connectivity index (χ0n) is 24.5. The Kier molecular flexibility index (Phi) is 12.3. The number of thioether (sulfide) groups is 1. The van der Waals surface area contributed by atoms with Gasteiger partial charge in [-0.25, -0.2) is 8.42 Å². The first-order valence-electron chi connectivity index (χ1n) is 13.7. The van der Waals surface area contributed by atoms with Crippen LogP contribution in [0.3, 0.4) is 0 Å². The summed E-state index contributed by atoms with van der Waals surface area (Å²) in [6, 6.07) is 19.7. The molecule has 0 fully saturated rings. The fraction of sp³-hybridized carbons (Fsp3) is 0.355. The largest absolute Gasteiger partial charge is 0.492 e. The van der Waals surface area contributed by atoms with E-state index in [9.17, 15) is 18.0 Å². The maximum Gasteiger partial charge on any atom is 0.264 e. The predicted molar refractivity (Wildman–Crippen MR) is 172 cm³/mol. The molecule has 0 aliphatic carbocycles. The minimum atomic E-state index is -4.21. The van der Waals surface area contributed by atoms with Crippen LogP contribution >= 0.6 is 27.7 Å². The fourth-order valence-electron chi connectivity index (χ4n) is 4.21. The van der Waals surface area contributed by atoms with Gasteiger partial charge in [-0.2, -0.15) is 0 Å². The van der Waals surface area contributed by atoms with Gasteiger partial charge in [-0.15, -0.1) is 11.8 Å². The Morgan fingerprint density at radius 1 is 1.00 bits per heavy atom. The number of carbonyl (C=O) groups is 2. The summed E-state index contributed by atoms with van der Waals surface area (Å²) in [4.78, 5) is 29.7. The Hall–Kier alpha value is -3.02.